The first-order chi connectivity index (χ1) is 16.0. The fraction of sp³-hybridized carbons (Fsp3) is 0.192. The summed E-state index contributed by atoms with van der Waals surface area (Å²) in [5, 5.41) is 3.04. The minimum atomic E-state index is -0.589. The highest BCUT2D eigenvalue weighted by atomic mass is 16.5. The number of benzene rings is 2. The maximum absolute atomic E-state index is 13.0. The Bertz CT molecular complexity index is 1350. The van der Waals surface area contributed by atoms with E-state index in [-0.39, 0.29) is 24.8 Å². The van der Waals surface area contributed by atoms with Crippen LogP contribution in [0.5, 0.6) is 5.75 Å². The molecule has 1 aliphatic heterocycles. The van der Waals surface area contributed by atoms with Gasteiger partial charge in [0.25, 0.3) is 5.91 Å². The van der Waals surface area contributed by atoms with Crippen LogP contribution in [-0.4, -0.2) is 33.8 Å². The predicted octanol–water partition coefficient (Wildman–Crippen LogP) is 4.45. The van der Waals surface area contributed by atoms with E-state index in [1.165, 1.54) is 0 Å². The lowest BCUT2D eigenvalue weighted by molar-refractivity contribution is -0.125. The number of pyridine rings is 1. The van der Waals surface area contributed by atoms with Gasteiger partial charge in [-0.3, -0.25) is 14.0 Å². The van der Waals surface area contributed by atoms with Crippen LogP contribution in [0, 0.1) is 6.92 Å². The zero-order valence-electron chi connectivity index (χ0n) is 18.5. The van der Waals surface area contributed by atoms with Crippen molar-refractivity contribution >= 4 is 29.0 Å². The molecule has 0 bridgehead atoms. The highest BCUT2D eigenvalue weighted by Crippen LogP contribution is 2.34. The molecular weight excluding hydrogens is 416 g/mol. The van der Waals surface area contributed by atoms with Gasteiger partial charge in [-0.2, -0.15) is 0 Å². The normalized spacial score (nSPS) is 15.3. The zero-order chi connectivity index (χ0) is 22.9. The third kappa shape index (κ3) is 3.82. The van der Waals surface area contributed by atoms with Crippen LogP contribution < -0.4 is 15.0 Å². The van der Waals surface area contributed by atoms with Gasteiger partial charge in [-0.25, -0.2) is 4.98 Å². The van der Waals surface area contributed by atoms with Gasteiger partial charge >= 0.3 is 0 Å². The SMILES string of the molecule is Cc1cccn2c(NC(=O)CCN3C(=O)C(C)Oc4ccccc43)c(-c3ccccc3)nc12. The highest BCUT2D eigenvalue weighted by Gasteiger charge is 2.31. The lowest BCUT2D eigenvalue weighted by Crippen LogP contribution is -2.45. The van der Waals surface area contributed by atoms with Crippen molar-refractivity contribution < 1.29 is 14.3 Å². The lowest BCUT2D eigenvalue weighted by atomic mass is 10.1. The average molecular weight is 441 g/mol. The van der Waals surface area contributed by atoms with Gasteiger partial charge in [0.2, 0.25) is 5.91 Å². The molecule has 2 aromatic heterocycles. The number of nitrogens with one attached hydrogen (secondary N) is 1. The van der Waals surface area contributed by atoms with E-state index in [0.717, 1.165) is 16.8 Å². The van der Waals surface area contributed by atoms with Crippen molar-refractivity contribution in [3.05, 3.63) is 78.5 Å². The van der Waals surface area contributed by atoms with Gasteiger partial charge in [0.05, 0.1) is 5.69 Å². The number of nitrogens with zero attached hydrogens (tertiary/aromatic N) is 3. The third-order valence-electron chi connectivity index (χ3n) is 5.79. The molecular formula is C26H24N4O3. The molecule has 5 rings (SSSR count). The van der Waals surface area contributed by atoms with Crippen LogP contribution in [0.1, 0.15) is 18.9 Å². The Morgan fingerprint density at radius 2 is 1.82 bits per heavy atom. The maximum atomic E-state index is 13.0. The summed E-state index contributed by atoms with van der Waals surface area (Å²) in [6.07, 6.45) is 1.44. The average Bonchev–Trinajstić information content (AvgIpc) is 3.19. The smallest absolute Gasteiger partial charge is 0.267 e. The molecule has 3 heterocycles. The van der Waals surface area contributed by atoms with E-state index in [0.29, 0.717) is 22.9 Å². The topological polar surface area (TPSA) is 75.9 Å². The second-order valence-electron chi connectivity index (χ2n) is 8.08. The quantitative estimate of drug-likeness (QED) is 0.497. The molecule has 4 aromatic rings. The molecule has 2 amide bonds. The van der Waals surface area contributed by atoms with Gasteiger partial charge in [-0.15, -0.1) is 0 Å². The number of anilines is 2. The first kappa shape index (κ1) is 20.8. The molecule has 7 nitrogen and oxygen atoms in total. The number of aryl methyl sites for hydroxylation is 1. The molecule has 33 heavy (non-hydrogen) atoms. The molecule has 0 spiro atoms. The van der Waals surface area contributed by atoms with E-state index in [1.807, 2.05) is 84.3 Å². The van der Waals surface area contributed by atoms with Crippen molar-refractivity contribution in [1.29, 1.82) is 0 Å². The fourth-order valence-electron chi connectivity index (χ4n) is 4.12. The number of hydrogen-bond acceptors (Lipinski definition) is 4. The summed E-state index contributed by atoms with van der Waals surface area (Å²) < 4.78 is 7.58. The van der Waals surface area contributed by atoms with Gasteiger partial charge in [-0.1, -0.05) is 48.5 Å². The number of amides is 2. The Hall–Kier alpha value is -4.13. The van der Waals surface area contributed by atoms with Crippen LogP contribution >= 0.6 is 0 Å². The van der Waals surface area contributed by atoms with Crippen molar-refractivity contribution in [2.75, 3.05) is 16.8 Å². The summed E-state index contributed by atoms with van der Waals surface area (Å²) in [4.78, 5) is 32.2. The number of para-hydroxylation sites is 2. The molecule has 0 aliphatic carbocycles. The largest absolute Gasteiger partial charge is 0.479 e. The monoisotopic (exact) mass is 440 g/mol. The van der Waals surface area contributed by atoms with Crippen molar-refractivity contribution in [3.8, 4) is 17.0 Å². The predicted molar refractivity (Wildman–Crippen MR) is 127 cm³/mol. The fourth-order valence-corrected chi connectivity index (χ4v) is 4.12. The molecule has 0 radical (unpaired) electrons. The summed E-state index contributed by atoms with van der Waals surface area (Å²) in [5.74, 6) is 0.914. The Labute approximate surface area is 191 Å². The molecule has 7 heteroatoms. The highest BCUT2D eigenvalue weighted by molar-refractivity contribution is 6.01. The Morgan fingerprint density at radius 3 is 2.64 bits per heavy atom. The number of fused-ring (bicyclic) bond motifs is 2. The van der Waals surface area contributed by atoms with Crippen LogP contribution in [0.3, 0.4) is 0 Å². The molecule has 1 N–H and O–H groups in total. The summed E-state index contributed by atoms with van der Waals surface area (Å²) in [7, 11) is 0. The summed E-state index contributed by atoms with van der Waals surface area (Å²) >= 11 is 0. The summed E-state index contributed by atoms with van der Waals surface area (Å²) in [6, 6.07) is 21.1. The van der Waals surface area contributed by atoms with E-state index < -0.39 is 6.10 Å². The molecule has 2 aromatic carbocycles. The second-order valence-corrected chi connectivity index (χ2v) is 8.08. The van der Waals surface area contributed by atoms with E-state index in [1.54, 1.807) is 11.8 Å². The molecule has 0 saturated carbocycles. The number of ether oxygens (including phenoxy) is 1. The van der Waals surface area contributed by atoms with Crippen molar-refractivity contribution in [2.24, 2.45) is 0 Å². The van der Waals surface area contributed by atoms with Crippen molar-refractivity contribution in [2.45, 2.75) is 26.4 Å². The van der Waals surface area contributed by atoms with Crippen molar-refractivity contribution in [3.63, 3.8) is 0 Å². The number of rotatable bonds is 5. The van der Waals surface area contributed by atoms with Gasteiger partial charge in [0.1, 0.15) is 22.9 Å². The number of imidazole rings is 1. The van der Waals surface area contributed by atoms with Gasteiger partial charge in [0.15, 0.2) is 6.10 Å². The Morgan fingerprint density at radius 1 is 1.06 bits per heavy atom. The standard InChI is InChI=1S/C26H24N4O3/c1-17-9-8-15-30-24(17)28-23(19-10-4-3-5-11-19)25(30)27-22(31)14-16-29-20-12-6-7-13-21(20)33-18(2)26(29)32/h3-13,15,18H,14,16H2,1-2H3,(H,27,31). The van der Waals surface area contributed by atoms with Crippen LogP contribution in [0.25, 0.3) is 16.9 Å². The van der Waals surface area contributed by atoms with Gasteiger partial charge < -0.3 is 15.0 Å². The van der Waals surface area contributed by atoms with Crippen LogP contribution in [-0.2, 0) is 9.59 Å². The van der Waals surface area contributed by atoms with E-state index >= 15 is 0 Å². The van der Waals surface area contributed by atoms with Crippen LogP contribution in [0.15, 0.2) is 72.9 Å². The van der Waals surface area contributed by atoms with Crippen molar-refractivity contribution in [1.82, 2.24) is 9.38 Å². The second kappa shape index (κ2) is 8.43. The van der Waals surface area contributed by atoms with Gasteiger partial charge in [0, 0.05) is 24.7 Å². The van der Waals surface area contributed by atoms with Crippen LogP contribution in [0.4, 0.5) is 11.5 Å². The molecule has 166 valence electrons. The maximum Gasteiger partial charge on any atom is 0.267 e. The molecule has 0 fully saturated rings. The van der Waals surface area contributed by atoms with E-state index in [9.17, 15) is 9.59 Å². The molecule has 1 unspecified atom stereocenters. The molecule has 1 aliphatic rings. The summed E-state index contributed by atoms with van der Waals surface area (Å²) in [5.41, 5.74) is 4.11. The first-order valence-corrected chi connectivity index (χ1v) is 10.9. The number of aromatic nitrogens is 2. The Kier molecular flexibility index (Phi) is 5.30. The minimum Gasteiger partial charge on any atom is -0.479 e. The zero-order valence-corrected chi connectivity index (χ0v) is 18.5. The first-order valence-electron chi connectivity index (χ1n) is 10.9. The number of carbonyl (C=O) groups excluding carboxylic acids is 2. The van der Waals surface area contributed by atoms with Crippen LogP contribution in [0.2, 0.25) is 0 Å². The number of hydrogen-bond donors (Lipinski definition) is 1. The van der Waals surface area contributed by atoms with Gasteiger partial charge in [-0.05, 0) is 37.6 Å². The Balaban J connectivity index is 1.41. The molecule has 1 atom stereocenters. The number of carbonyl (C=O) groups is 2. The molecule has 0 saturated heterocycles. The van der Waals surface area contributed by atoms with E-state index in [4.69, 9.17) is 9.72 Å². The minimum absolute atomic E-state index is 0.139. The lowest BCUT2D eigenvalue weighted by Gasteiger charge is -2.32. The summed E-state index contributed by atoms with van der Waals surface area (Å²) in [6.45, 7) is 3.97. The van der Waals surface area contributed by atoms with E-state index in [2.05, 4.69) is 5.32 Å². The third-order valence-corrected chi connectivity index (χ3v) is 5.79.